The summed E-state index contributed by atoms with van der Waals surface area (Å²) in [5, 5.41) is 0. The molecule has 4 nitrogen and oxygen atoms in total. The molecule has 1 aromatic heterocycles. The maximum atomic E-state index is 5.83. The molecule has 0 aromatic carbocycles. The highest BCUT2D eigenvalue weighted by Gasteiger charge is 2.28. The van der Waals surface area contributed by atoms with Gasteiger partial charge in [0, 0.05) is 38.4 Å². The summed E-state index contributed by atoms with van der Waals surface area (Å²) in [6, 6.07) is 0.681. The number of imidazole rings is 1. The topological polar surface area (TPSA) is 47.1 Å². The van der Waals surface area contributed by atoms with E-state index >= 15 is 0 Å². The SMILES string of the molecule is CN(CCc1nccn1C)C1CCCC1CN. The number of nitrogens with zero attached hydrogens (tertiary/aromatic N) is 3. The molecule has 0 bridgehead atoms. The van der Waals surface area contributed by atoms with E-state index in [0.29, 0.717) is 12.0 Å². The zero-order valence-corrected chi connectivity index (χ0v) is 11.0. The Labute approximate surface area is 104 Å². The van der Waals surface area contributed by atoms with Gasteiger partial charge in [-0.15, -0.1) is 0 Å². The molecule has 1 aliphatic carbocycles. The number of aryl methyl sites for hydroxylation is 1. The van der Waals surface area contributed by atoms with Gasteiger partial charge in [0.25, 0.3) is 0 Å². The van der Waals surface area contributed by atoms with Gasteiger partial charge in [-0.25, -0.2) is 4.98 Å². The van der Waals surface area contributed by atoms with Crippen LogP contribution in [-0.4, -0.2) is 40.6 Å². The second-order valence-electron chi connectivity index (χ2n) is 5.18. The molecule has 96 valence electrons. The second-order valence-corrected chi connectivity index (χ2v) is 5.18. The van der Waals surface area contributed by atoms with Crippen LogP contribution in [0.5, 0.6) is 0 Å². The summed E-state index contributed by atoms with van der Waals surface area (Å²) in [5.74, 6) is 1.86. The predicted molar refractivity (Wildman–Crippen MR) is 69.7 cm³/mol. The molecule has 1 aromatic rings. The summed E-state index contributed by atoms with van der Waals surface area (Å²) in [6.45, 7) is 1.91. The van der Waals surface area contributed by atoms with Gasteiger partial charge in [-0.2, -0.15) is 0 Å². The minimum Gasteiger partial charge on any atom is -0.338 e. The molecule has 1 saturated carbocycles. The van der Waals surface area contributed by atoms with E-state index in [2.05, 4.69) is 28.5 Å². The quantitative estimate of drug-likeness (QED) is 0.830. The Kier molecular flexibility index (Phi) is 4.18. The van der Waals surface area contributed by atoms with Crippen molar-refractivity contribution in [1.82, 2.24) is 14.5 Å². The molecule has 4 heteroatoms. The Hall–Kier alpha value is -0.870. The van der Waals surface area contributed by atoms with Crippen molar-refractivity contribution in [2.75, 3.05) is 20.1 Å². The van der Waals surface area contributed by atoms with Crippen LogP contribution in [0.2, 0.25) is 0 Å². The minimum absolute atomic E-state index is 0.681. The van der Waals surface area contributed by atoms with Crippen LogP contribution in [0, 0.1) is 5.92 Å². The van der Waals surface area contributed by atoms with E-state index in [4.69, 9.17) is 5.73 Å². The highest BCUT2D eigenvalue weighted by Crippen LogP contribution is 2.28. The third kappa shape index (κ3) is 2.87. The van der Waals surface area contributed by atoms with E-state index in [-0.39, 0.29) is 0 Å². The fourth-order valence-electron chi connectivity index (χ4n) is 2.95. The van der Waals surface area contributed by atoms with E-state index in [0.717, 1.165) is 19.5 Å². The monoisotopic (exact) mass is 236 g/mol. The van der Waals surface area contributed by atoms with Crippen molar-refractivity contribution in [2.24, 2.45) is 18.7 Å². The Balaban J connectivity index is 1.85. The second kappa shape index (κ2) is 5.65. The smallest absolute Gasteiger partial charge is 0.109 e. The maximum Gasteiger partial charge on any atom is 0.109 e. The van der Waals surface area contributed by atoms with E-state index in [1.165, 1.54) is 25.1 Å². The van der Waals surface area contributed by atoms with Gasteiger partial charge in [0.2, 0.25) is 0 Å². The van der Waals surface area contributed by atoms with Crippen molar-refractivity contribution in [3.63, 3.8) is 0 Å². The van der Waals surface area contributed by atoms with E-state index in [1.807, 2.05) is 12.4 Å². The number of rotatable bonds is 5. The molecule has 2 N–H and O–H groups in total. The average molecular weight is 236 g/mol. The molecule has 1 aliphatic rings. The predicted octanol–water partition coefficient (Wildman–Crippen LogP) is 1.02. The van der Waals surface area contributed by atoms with Gasteiger partial charge >= 0.3 is 0 Å². The van der Waals surface area contributed by atoms with Gasteiger partial charge in [-0.3, -0.25) is 0 Å². The third-order valence-corrected chi connectivity index (χ3v) is 4.10. The van der Waals surface area contributed by atoms with Gasteiger partial charge in [-0.05, 0) is 32.4 Å². The van der Waals surface area contributed by atoms with Crippen LogP contribution in [0.3, 0.4) is 0 Å². The molecule has 0 radical (unpaired) electrons. The van der Waals surface area contributed by atoms with Gasteiger partial charge in [0.1, 0.15) is 5.82 Å². The highest BCUT2D eigenvalue weighted by molar-refractivity contribution is 4.93. The summed E-state index contributed by atoms with van der Waals surface area (Å²) in [4.78, 5) is 6.84. The van der Waals surface area contributed by atoms with E-state index in [1.54, 1.807) is 0 Å². The van der Waals surface area contributed by atoms with Crippen LogP contribution < -0.4 is 5.73 Å². The lowest BCUT2D eigenvalue weighted by Crippen LogP contribution is -2.38. The Bertz CT molecular complexity index is 347. The normalized spacial score (nSPS) is 24.7. The first-order valence-electron chi connectivity index (χ1n) is 6.59. The van der Waals surface area contributed by atoms with Gasteiger partial charge in [0.15, 0.2) is 0 Å². The van der Waals surface area contributed by atoms with Crippen molar-refractivity contribution in [3.05, 3.63) is 18.2 Å². The molecule has 0 aliphatic heterocycles. The molecular formula is C13H24N4. The summed E-state index contributed by atoms with van der Waals surface area (Å²) < 4.78 is 2.10. The van der Waals surface area contributed by atoms with Crippen molar-refractivity contribution in [1.29, 1.82) is 0 Å². The largest absolute Gasteiger partial charge is 0.338 e. The summed E-state index contributed by atoms with van der Waals surface area (Å²) >= 11 is 0. The number of hydrogen-bond acceptors (Lipinski definition) is 3. The number of aromatic nitrogens is 2. The zero-order valence-electron chi connectivity index (χ0n) is 11.0. The van der Waals surface area contributed by atoms with Crippen molar-refractivity contribution in [2.45, 2.75) is 31.7 Å². The lowest BCUT2D eigenvalue weighted by Gasteiger charge is -2.28. The molecule has 1 heterocycles. The Morgan fingerprint density at radius 3 is 3.00 bits per heavy atom. The van der Waals surface area contributed by atoms with E-state index < -0.39 is 0 Å². The van der Waals surface area contributed by atoms with Gasteiger partial charge in [-0.1, -0.05) is 6.42 Å². The van der Waals surface area contributed by atoms with Gasteiger partial charge in [0.05, 0.1) is 0 Å². The highest BCUT2D eigenvalue weighted by atomic mass is 15.1. The van der Waals surface area contributed by atoms with E-state index in [9.17, 15) is 0 Å². The van der Waals surface area contributed by atoms with Crippen LogP contribution in [-0.2, 0) is 13.5 Å². The van der Waals surface area contributed by atoms with Crippen molar-refractivity contribution >= 4 is 0 Å². The first-order valence-corrected chi connectivity index (χ1v) is 6.59. The molecular weight excluding hydrogens is 212 g/mol. The van der Waals surface area contributed by atoms with Crippen LogP contribution in [0.15, 0.2) is 12.4 Å². The van der Waals surface area contributed by atoms with Crippen LogP contribution in [0.1, 0.15) is 25.1 Å². The first kappa shape index (κ1) is 12.6. The maximum absolute atomic E-state index is 5.83. The van der Waals surface area contributed by atoms with Crippen molar-refractivity contribution < 1.29 is 0 Å². The fourth-order valence-corrected chi connectivity index (χ4v) is 2.95. The first-order chi connectivity index (χ1) is 8.22. The zero-order chi connectivity index (χ0) is 12.3. The van der Waals surface area contributed by atoms with Crippen LogP contribution >= 0.6 is 0 Å². The Morgan fingerprint density at radius 2 is 2.35 bits per heavy atom. The van der Waals surface area contributed by atoms with Crippen LogP contribution in [0.4, 0.5) is 0 Å². The molecule has 2 rings (SSSR count). The van der Waals surface area contributed by atoms with Crippen molar-refractivity contribution in [3.8, 4) is 0 Å². The molecule has 0 amide bonds. The fraction of sp³-hybridized carbons (Fsp3) is 0.769. The summed E-state index contributed by atoms with van der Waals surface area (Å²) in [5.41, 5.74) is 5.83. The Morgan fingerprint density at radius 1 is 1.53 bits per heavy atom. The lowest BCUT2D eigenvalue weighted by molar-refractivity contribution is 0.201. The molecule has 2 unspecified atom stereocenters. The third-order valence-electron chi connectivity index (χ3n) is 4.10. The van der Waals surface area contributed by atoms with Gasteiger partial charge < -0.3 is 15.2 Å². The number of likely N-dealkylation sites (N-methyl/N-ethyl adjacent to an activating group) is 1. The summed E-state index contributed by atoms with van der Waals surface area (Å²) in [6.07, 6.45) is 8.83. The molecule has 0 saturated heterocycles. The minimum atomic E-state index is 0.681. The molecule has 2 atom stereocenters. The molecule has 17 heavy (non-hydrogen) atoms. The number of nitrogens with two attached hydrogens (primary N) is 1. The lowest BCUT2D eigenvalue weighted by atomic mass is 10.0. The van der Waals surface area contributed by atoms with Crippen LogP contribution in [0.25, 0.3) is 0 Å². The summed E-state index contributed by atoms with van der Waals surface area (Å²) in [7, 11) is 4.28. The molecule has 0 spiro atoms. The average Bonchev–Trinajstić information content (AvgIpc) is 2.94. The molecule has 1 fully saturated rings. The number of hydrogen-bond donors (Lipinski definition) is 1. The standard InChI is InChI=1S/C13H24N4/c1-16(12-5-3-4-11(12)10-14)8-6-13-15-7-9-17(13)2/h7,9,11-12H,3-6,8,10,14H2,1-2H3.